The number of carbonyl (C=O) groups excluding carboxylic acids is 1. The number of methoxy groups -OCH3 is 2. The number of aromatic nitrogens is 1. The monoisotopic (exact) mass is 382 g/mol. The van der Waals surface area contributed by atoms with Crippen molar-refractivity contribution in [2.24, 2.45) is 15.4 Å². The summed E-state index contributed by atoms with van der Waals surface area (Å²) in [6.07, 6.45) is 1.43. The van der Waals surface area contributed by atoms with Gasteiger partial charge in [0, 0.05) is 10.9 Å². The van der Waals surface area contributed by atoms with E-state index in [1.165, 1.54) is 13.3 Å². The van der Waals surface area contributed by atoms with Crippen molar-refractivity contribution in [3.05, 3.63) is 48.0 Å². The third kappa shape index (κ3) is 4.26. The topological polar surface area (TPSA) is 118 Å². The van der Waals surface area contributed by atoms with Gasteiger partial charge in [-0.3, -0.25) is 4.79 Å². The van der Waals surface area contributed by atoms with Crippen LogP contribution in [0.3, 0.4) is 0 Å². The zero-order valence-corrected chi connectivity index (χ0v) is 15.2. The Labute approximate surface area is 160 Å². The third-order valence-electron chi connectivity index (χ3n) is 3.79. The molecule has 9 heteroatoms. The van der Waals surface area contributed by atoms with E-state index in [4.69, 9.17) is 14.3 Å². The van der Waals surface area contributed by atoms with Crippen molar-refractivity contribution >= 4 is 28.7 Å². The number of fused-ring (bicyclic) bond motifs is 1. The lowest BCUT2D eigenvalue weighted by Gasteiger charge is -2.07. The molecule has 0 unspecified atom stereocenters. The number of benzene rings is 2. The van der Waals surface area contributed by atoms with E-state index in [0.717, 1.165) is 0 Å². The Hall–Kier alpha value is -3.88. The summed E-state index contributed by atoms with van der Waals surface area (Å²) in [5.74, 6) is 0.339. The fraction of sp³-hybridized carbons (Fsp3) is 0.158. The van der Waals surface area contributed by atoms with Gasteiger partial charge in [-0.2, -0.15) is 0 Å². The predicted molar refractivity (Wildman–Crippen MR) is 103 cm³/mol. The van der Waals surface area contributed by atoms with Gasteiger partial charge in [-0.15, -0.1) is 10.2 Å². The molecule has 3 rings (SSSR count). The molecule has 1 aromatic heterocycles. The zero-order chi connectivity index (χ0) is 19.9. The molecule has 2 N–H and O–H groups in total. The van der Waals surface area contributed by atoms with Gasteiger partial charge >= 0.3 is 5.91 Å². The fourth-order valence-corrected chi connectivity index (χ4v) is 2.47. The SMILES string of the molecule is COc1ccc(/C=N\OCC(=O)N=Nc2c(O)[nH]c3ccccc23)cc1OC. The van der Waals surface area contributed by atoms with Crippen LogP contribution in [0.5, 0.6) is 17.4 Å². The van der Waals surface area contributed by atoms with Crippen molar-refractivity contribution in [2.75, 3.05) is 20.8 Å². The highest BCUT2D eigenvalue weighted by molar-refractivity contribution is 5.94. The van der Waals surface area contributed by atoms with Crippen molar-refractivity contribution in [1.82, 2.24) is 4.98 Å². The highest BCUT2D eigenvalue weighted by Crippen LogP contribution is 2.35. The lowest BCUT2D eigenvalue weighted by atomic mass is 10.2. The molecule has 2 aromatic carbocycles. The molecule has 1 amide bonds. The van der Waals surface area contributed by atoms with Gasteiger partial charge in [0.1, 0.15) is 0 Å². The number of rotatable bonds is 7. The van der Waals surface area contributed by atoms with Crippen molar-refractivity contribution < 1.29 is 24.2 Å². The molecule has 0 fully saturated rings. The van der Waals surface area contributed by atoms with Crippen LogP contribution in [-0.2, 0) is 9.63 Å². The minimum atomic E-state index is -0.644. The van der Waals surface area contributed by atoms with Crippen LogP contribution >= 0.6 is 0 Å². The molecule has 0 aliphatic heterocycles. The summed E-state index contributed by atoms with van der Waals surface area (Å²) >= 11 is 0. The molecule has 9 nitrogen and oxygen atoms in total. The first-order valence-corrected chi connectivity index (χ1v) is 8.24. The van der Waals surface area contributed by atoms with E-state index in [2.05, 4.69) is 20.4 Å². The van der Waals surface area contributed by atoms with Crippen molar-refractivity contribution in [1.29, 1.82) is 0 Å². The molecule has 0 atom stereocenters. The maximum atomic E-state index is 11.8. The first kappa shape index (κ1) is 18.9. The Morgan fingerprint density at radius 2 is 1.93 bits per heavy atom. The van der Waals surface area contributed by atoms with E-state index in [-0.39, 0.29) is 11.6 Å². The lowest BCUT2D eigenvalue weighted by molar-refractivity contribution is -0.122. The van der Waals surface area contributed by atoms with Gasteiger partial charge < -0.3 is 24.4 Å². The summed E-state index contributed by atoms with van der Waals surface area (Å²) in [7, 11) is 3.08. The quantitative estimate of drug-likeness (QED) is 0.368. The number of azo groups is 1. The number of aromatic amines is 1. The van der Waals surface area contributed by atoms with E-state index >= 15 is 0 Å². The number of H-pyrrole nitrogens is 1. The Bertz CT molecular complexity index is 1040. The van der Waals surface area contributed by atoms with Gasteiger partial charge in [0.15, 0.2) is 23.8 Å². The first-order chi connectivity index (χ1) is 13.6. The Balaban J connectivity index is 1.58. The number of carbonyl (C=O) groups is 1. The zero-order valence-electron chi connectivity index (χ0n) is 15.2. The summed E-state index contributed by atoms with van der Waals surface area (Å²) in [6.45, 7) is -0.392. The smallest absolute Gasteiger partial charge is 0.304 e. The standard InChI is InChI=1S/C19H18N4O5/c1-26-15-8-7-12(9-16(15)27-2)10-20-28-11-17(24)22-23-18-13-5-3-4-6-14(13)21-19(18)25/h3-10,21,25H,11H2,1-2H3/b20-10-,23-22?. The Kier molecular flexibility index (Phi) is 5.85. The largest absolute Gasteiger partial charge is 0.493 e. The summed E-state index contributed by atoms with van der Waals surface area (Å²) in [5.41, 5.74) is 1.59. The van der Waals surface area contributed by atoms with Gasteiger partial charge in [-0.25, -0.2) is 0 Å². The molecule has 0 saturated carbocycles. The number of ether oxygens (including phenoxy) is 2. The van der Waals surface area contributed by atoms with Crippen molar-refractivity contribution in [3.8, 4) is 17.4 Å². The second-order valence-corrected chi connectivity index (χ2v) is 5.58. The van der Waals surface area contributed by atoms with Gasteiger partial charge in [0.2, 0.25) is 5.88 Å². The fourth-order valence-electron chi connectivity index (χ4n) is 2.47. The number of aromatic hydroxyl groups is 1. The molecule has 0 bridgehead atoms. The lowest BCUT2D eigenvalue weighted by Crippen LogP contribution is -2.01. The molecule has 28 heavy (non-hydrogen) atoms. The average molecular weight is 382 g/mol. The van der Waals surface area contributed by atoms with Gasteiger partial charge in [-0.1, -0.05) is 23.4 Å². The molecule has 3 aromatic rings. The number of para-hydroxylation sites is 1. The molecule has 0 radical (unpaired) electrons. The van der Waals surface area contributed by atoms with Crippen LogP contribution in [0.1, 0.15) is 5.56 Å². The minimum absolute atomic E-state index is 0.162. The number of nitrogens with zero attached hydrogens (tertiary/aromatic N) is 3. The summed E-state index contributed by atoms with van der Waals surface area (Å²) in [6, 6.07) is 12.4. The maximum Gasteiger partial charge on any atom is 0.304 e. The van der Waals surface area contributed by atoms with E-state index in [0.29, 0.717) is 28.0 Å². The normalized spacial score (nSPS) is 11.4. The summed E-state index contributed by atoms with van der Waals surface area (Å²) in [5, 5.41) is 21.6. The second kappa shape index (κ2) is 8.67. The van der Waals surface area contributed by atoms with E-state index in [1.54, 1.807) is 43.5 Å². The number of hydrogen-bond acceptors (Lipinski definition) is 7. The van der Waals surface area contributed by atoms with E-state index in [1.807, 2.05) is 6.07 Å². The highest BCUT2D eigenvalue weighted by atomic mass is 16.6. The van der Waals surface area contributed by atoms with Crippen LogP contribution in [0.2, 0.25) is 0 Å². The molecule has 144 valence electrons. The van der Waals surface area contributed by atoms with Gasteiger partial charge in [0.25, 0.3) is 0 Å². The van der Waals surface area contributed by atoms with Crippen LogP contribution in [0, 0.1) is 0 Å². The van der Waals surface area contributed by atoms with Crippen molar-refractivity contribution in [3.63, 3.8) is 0 Å². The highest BCUT2D eigenvalue weighted by Gasteiger charge is 2.10. The second-order valence-electron chi connectivity index (χ2n) is 5.58. The van der Waals surface area contributed by atoms with Gasteiger partial charge in [0.05, 0.1) is 26.0 Å². The Morgan fingerprint density at radius 1 is 1.14 bits per heavy atom. The summed E-state index contributed by atoms with van der Waals surface area (Å²) in [4.78, 5) is 19.5. The molecular formula is C19H18N4O5. The van der Waals surface area contributed by atoms with Crippen molar-refractivity contribution in [2.45, 2.75) is 0 Å². The van der Waals surface area contributed by atoms with Gasteiger partial charge in [-0.05, 0) is 24.3 Å². The molecule has 0 aliphatic rings. The average Bonchev–Trinajstić information content (AvgIpc) is 3.04. The van der Waals surface area contributed by atoms with Crippen LogP contribution in [0.25, 0.3) is 10.9 Å². The molecule has 0 saturated heterocycles. The predicted octanol–water partition coefficient (Wildman–Crippen LogP) is 3.55. The first-order valence-electron chi connectivity index (χ1n) is 8.24. The molecular weight excluding hydrogens is 364 g/mol. The van der Waals surface area contributed by atoms with Crippen LogP contribution in [-0.4, -0.2) is 43.0 Å². The molecule has 0 spiro atoms. The maximum absolute atomic E-state index is 11.8. The number of nitrogens with one attached hydrogen (secondary N) is 1. The molecule has 1 heterocycles. The number of oxime groups is 1. The van der Waals surface area contributed by atoms with Crippen LogP contribution in [0.4, 0.5) is 5.69 Å². The minimum Gasteiger partial charge on any atom is -0.493 e. The number of amides is 1. The Morgan fingerprint density at radius 3 is 2.71 bits per heavy atom. The van der Waals surface area contributed by atoms with Crippen LogP contribution in [0.15, 0.2) is 57.8 Å². The molecule has 0 aliphatic carbocycles. The summed E-state index contributed by atoms with van der Waals surface area (Å²) < 4.78 is 10.3. The van der Waals surface area contributed by atoms with E-state index < -0.39 is 12.5 Å². The number of hydrogen-bond donors (Lipinski definition) is 2. The van der Waals surface area contributed by atoms with Crippen LogP contribution < -0.4 is 9.47 Å². The third-order valence-corrected chi connectivity index (χ3v) is 3.79. The van der Waals surface area contributed by atoms with E-state index in [9.17, 15) is 9.90 Å².